The van der Waals surface area contributed by atoms with E-state index < -0.39 is 35.8 Å². The number of azo groups is 2. The van der Waals surface area contributed by atoms with Gasteiger partial charge in [0.15, 0.2) is 0 Å². The molecule has 0 unspecified atom stereocenters. The van der Waals surface area contributed by atoms with Crippen LogP contribution in [0, 0.1) is 0 Å². The number of hydrogen-bond acceptors (Lipinski definition) is 11. The van der Waals surface area contributed by atoms with E-state index >= 15 is 0 Å². The highest BCUT2D eigenvalue weighted by atomic mass is 32.2. The number of phenolic OH excluding ortho intramolecular Hbond substituents is 1. The zero-order valence-corrected chi connectivity index (χ0v) is 44.0. The van der Waals surface area contributed by atoms with Gasteiger partial charge in [-0.15, -0.1) is 5.11 Å². The lowest BCUT2D eigenvalue weighted by atomic mass is 10.1. The first kappa shape index (κ1) is 61.0. The predicted octanol–water partition coefficient (Wildman–Crippen LogP) is 16.5. The molecule has 0 saturated carbocycles. The van der Waals surface area contributed by atoms with Crippen molar-refractivity contribution < 1.29 is 31.0 Å². The van der Waals surface area contributed by atoms with E-state index in [9.17, 15) is 31.0 Å². The van der Waals surface area contributed by atoms with Crippen LogP contribution in [0.3, 0.4) is 0 Å². The van der Waals surface area contributed by atoms with E-state index in [-0.39, 0.29) is 16.5 Å². The molecule has 0 bridgehead atoms. The summed E-state index contributed by atoms with van der Waals surface area (Å²) in [6.07, 6.45) is 33.8. The highest BCUT2D eigenvalue weighted by molar-refractivity contribution is 7.86. The van der Waals surface area contributed by atoms with Crippen molar-refractivity contribution in [3.8, 4) is 5.75 Å². The Bertz CT molecular complexity index is 2170. The summed E-state index contributed by atoms with van der Waals surface area (Å²) in [5, 5.41) is 33.2. The van der Waals surface area contributed by atoms with E-state index in [4.69, 9.17) is 0 Å². The normalized spacial score (nSPS) is 11.8. The second kappa shape index (κ2) is 37.7. The fourth-order valence-electron chi connectivity index (χ4n) is 7.50. The van der Waals surface area contributed by atoms with E-state index in [1.165, 1.54) is 186 Å². The van der Waals surface area contributed by atoms with Crippen molar-refractivity contribution >= 4 is 53.8 Å². The summed E-state index contributed by atoms with van der Waals surface area (Å²) in [7, 11) is -9.77. The molecule has 4 rings (SSSR count). The van der Waals surface area contributed by atoms with Crippen molar-refractivity contribution in [2.45, 2.75) is 192 Å². The third-order valence-corrected chi connectivity index (χ3v) is 13.3. The van der Waals surface area contributed by atoms with Gasteiger partial charge in [-0.2, -0.15) is 32.2 Å². The van der Waals surface area contributed by atoms with Crippen LogP contribution in [0.5, 0.6) is 5.75 Å². The van der Waals surface area contributed by atoms with Crippen LogP contribution in [0.1, 0.15) is 182 Å². The molecule has 4 aromatic carbocycles. The molecule has 13 nitrogen and oxygen atoms in total. The largest absolute Gasteiger partial charge is 0.506 e. The van der Waals surface area contributed by atoms with Crippen LogP contribution in [-0.2, 0) is 20.2 Å². The number of unbranched alkanes of at least 4 members (excludes halogenated alkanes) is 20. The van der Waals surface area contributed by atoms with E-state index in [1.54, 1.807) is 36.4 Å². The summed E-state index contributed by atoms with van der Waals surface area (Å²) < 4.78 is 66.0. The minimum Gasteiger partial charge on any atom is -0.506 e. The van der Waals surface area contributed by atoms with Crippen LogP contribution < -0.4 is 10.6 Å². The Morgan fingerprint density at radius 1 is 0.420 bits per heavy atom. The van der Waals surface area contributed by atoms with Crippen LogP contribution >= 0.6 is 0 Å². The van der Waals surface area contributed by atoms with Gasteiger partial charge in [-0.3, -0.25) is 9.11 Å². The average molecular weight is 995 g/mol. The summed E-state index contributed by atoms with van der Waals surface area (Å²) in [4.78, 5) is -1.63. The molecule has 4 aromatic rings. The molecule has 0 amide bonds. The Labute approximate surface area is 416 Å². The maximum Gasteiger partial charge on any atom is 0.295 e. The van der Waals surface area contributed by atoms with Crippen LogP contribution in [0.4, 0.5) is 22.7 Å². The van der Waals surface area contributed by atoms with Gasteiger partial charge in [0.1, 0.15) is 16.3 Å². The van der Waals surface area contributed by atoms with Gasteiger partial charge < -0.3 is 15.7 Å². The predicted molar refractivity (Wildman–Crippen MR) is 286 cm³/mol. The summed E-state index contributed by atoms with van der Waals surface area (Å²) in [6.45, 7) is 14.1. The third-order valence-electron chi connectivity index (χ3n) is 11.6. The Hall–Kier alpha value is -4.12. The van der Waals surface area contributed by atoms with Gasteiger partial charge in [-0.25, -0.2) is 0 Å². The molecule has 0 radical (unpaired) electrons. The summed E-state index contributed by atoms with van der Waals surface area (Å²) >= 11 is 0. The van der Waals surface area contributed by atoms with Crippen LogP contribution in [0.25, 0.3) is 10.8 Å². The van der Waals surface area contributed by atoms with Crippen molar-refractivity contribution in [1.82, 2.24) is 10.6 Å². The third kappa shape index (κ3) is 28.4. The number of rotatable bonds is 34. The zero-order chi connectivity index (χ0) is 50.4. The van der Waals surface area contributed by atoms with Crippen molar-refractivity contribution in [3.05, 3.63) is 78.9 Å². The molecule has 0 aliphatic rings. The summed E-state index contributed by atoms with van der Waals surface area (Å²) in [6, 6.07) is 19.4. The fourth-order valence-corrected chi connectivity index (χ4v) is 8.87. The van der Waals surface area contributed by atoms with Crippen LogP contribution in [0.2, 0.25) is 0 Å². The van der Waals surface area contributed by atoms with Gasteiger partial charge in [-0.1, -0.05) is 180 Å². The molecule has 0 saturated heterocycles. The Kier molecular flexibility index (Phi) is 33.3. The van der Waals surface area contributed by atoms with Gasteiger partial charge in [-0.05, 0) is 112 Å². The van der Waals surface area contributed by atoms with Crippen molar-refractivity contribution in [2.24, 2.45) is 20.5 Å². The lowest BCUT2D eigenvalue weighted by Crippen LogP contribution is -2.16. The summed E-state index contributed by atoms with van der Waals surface area (Å²) in [5.41, 5.74) is 1.20. The topological polar surface area (TPSA) is 202 Å². The molecule has 386 valence electrons. The monoisotopic (exact) mass is 995 g/mol. The first-order valence-corrected chi connectivity index (χ1v) is 28.9. The van der Waals surface area contributed by atoms with Gasteiger partial charge in [0.05, 0.1) is 22.0 Å². The first-order chi connectivity index (χ1) is 33.3. The molecule has 15 heteroatoms. The van der Waals surface area contributed by atoms with E-state index in [1.807, 2.05) is 18.2 Å². The minimum absolute atomic E-state index is 0.0313. The van der Waals surface area contributed by atoms with E-state index in [0.29, 0.717) is 23.1 Å². The molecule has 0 fully saturated rings. The Balaban J connectivity index is 0.000000404. The fraction of sp³-hybridized carbons (Fsp3) is 0.593. The van der Waals surface area contributed by atoms with Crippen LogP contribution in [-0.4, -0.2) is 57.2 Å². The zero-order valence-electron chi connectivity index (χ0n) is 42.4. The van der Waals surface area contributed by atoms with Crippen LogP contribution in [0.15, 0.2) is 109 Å². The maximum absolute atomic E-state index is 12.0. The second-order valence-corrected chi connectivity index (χ2v) is 20.5. The Morgan fingerprint density at radius 2 is 0.783 bits per heavy atom. The van der Waals surface area contributed by atoms with Crippen molar-refractivity contribution in [2.75, 3.05) is 26.2 Å². The molecular weight excluding hydrogens is 909 g/mol. The number of hydrogen-bond donors (Lipinski definition) is 5. The molecular formula is C54H86N6O7S2. The number of benzene rings is 4. The maximum atomic E-state index is 12.0. The smallest absolute Gasteiger partial charge is 0.295 e. The second-order valence-electron chi connectivity index (χ2n) is 17.7. The molecule has 0 aliphatic heterocycles. The molecule has 0 aromatic heterocycles. The van der Waals surface area contributed by atoms with E-state index in [2.05, 4.69) is 58.8 Å². The van der Waals surface area contributed by atoms with Crippen molar-refractivity contribution in [3.63, 3.8) is 0 Å². The van der Waals surface area contributed by atoms with Gasteiger partial charge >= 0.3 is 0 Å². The number of phenols is 1. The quantitative estimate of drug-likeness (QED) is 0.0171. The number of aromatic hydroxyl groups is 1. The number of nitrogens with zero attached hydrogens (tertiary/aromatic N) is 4. The molecule has 5 N–H and O–H groups in total. The van der Waals surface area contributed by atoms with E-state index in [0.717, 1.165) is 12.1 Å². The molecule has 0 aliphatic carbocycles. The lowest BCUT2D eigenvalue weighted by molar-refractivity contribution is 0.477. The standard InChI is InChI=1S/C22H16N4O7S2.2C16H35N/c27-19-11-6-14-12-18(34(28,29)30)13-20(35(31,32)33)21(14)22(19)26-25-17-9-7-16(8-10-17)24-23-15-4-2-1-3-5-15;2*1-3-5-7-9-11-13-15-17-16-14-12-10-8-6-4-2/h1-13,27H,(H,28,29,30)(H,31,32,33);2*17H,3-16H2,1-2H3. The average Bonchev–Trinajstić information content (AvgIpc) is 3.33. The molecule has 0 spiro atoms. The van der Waals surface area contributed by atoms with Gasteiger partial charge in [0, 0.05) is 5.39 Å². The minimum atomic E-state index is -4.98. The first-order valence-electron chi connectivity index (χ1n) is 26.0. The molecule has 0 atom stereocenters. The summed E-state index contributed by atoms with van der Waals surface area (Å²) in [5.74, 6) is -0.473. The van der Waals surface area contributed by atoms with Gasteiger partial charge in [0.2, 0.25) is 0 Å². The molecule has 69 heavy (non-hydrogen) atoms. The van der Waals surface area contributed by atoms with Gasteiger partial charge in [0.25, 0.3) is 20.2 Å². The Morgan fingerprint density at radius 3 is 1.16 bits per heavy atom. The highest BCUT2D eigenvalue weighted by Crippen LogP contribution is 2.41. The van der Waals surface area contributed by atoms with Crippen molar-refractivity contribution in [1.29, 1.82) is 0 Å². The SMILES string of the molecule is CCCCCCCCNCCCCCCCC.CCCCCCCCNCCCCCCCC.O=S(=O)(O)c1cc(S(=O)(=O)O)c2c(N=Nc3ccc(N=Nc4ccccc4)cc3)c(O)ccc2c1. The lowest BCUT2D eigenvalue weighted by Gasteiger charge is -2.10. The molecule has 0 heterocycles. The highest BCUT2D eigenvalue weighted by Gasteiger charge is 2.24. The number of fused-ring (bicyclic) bond motifs is 1. The number of nitrogens with one attached hydrogen (secondary N) is 2.